The third kappa shape index (κ3) is 3.26. The smallest absolute Gasteiger partial charge is 0.0617 e. The Morgan fingerprint density at radius 3 is 2.78 bits per heavy atom. The van der Waals surface area contributed by atoms with Crippen LogP contribution < -0.4 is 5.32 Å². The number of hydrogen-bond donors (Lipinski definition) is 1. The topological polar surface area (TPSA) is 21.3 Å². The van der Waals surface area contributed by atoms with E-state index in [0.717, 1.165) is 19.4 Å². The molecule has 1 aromatic carbocycles. The van der Waals surface area contributed by atoms with E-state index < -0.39 is 0 Å². The normalized spacial score (nSPS) is 24.3. The molecule has 0 radical (unpaired) electrons. The number of anilines is 1. The van der Waals surface area contributed by atoms with E-state index in [9.17, 15) is 0 Å². The van der Waals surface area contributed by atoms with Crippen LogP contribution in [-0.2, 0) is 4.74 Å². The van der Waals surface area contributed by atoms with Gasteiger partial charge in [-0.3, -0.25) is 0 Å². The summed E-state index contributed by atoms with van der Waals surface area (Å²) < 4.78 is 5.82. The second kappa shape index (κ2) is 5.75. The van der Waals surface area contributed by atoms with Gasteiger partial charge in [0.05, 0.1) is 6.10 Å². The fraction of sp³-hybridized carbons (Fsp3) is 0.625. The number of rotatable bonds is 3. The summed E-state index contributed by atoms with van der Waals surface area (Å²) in [6.07, 6.45) is 2.63. The highest BCUT2D eigenvalue weighted by Crippen LogP contribution is 2.25. The molecule has 0 saturated carbocycles. The first kappa shape index (κ1) is 13.4. The summed E-state index contributed by atoms with van der Waals surface area (Å²) in [5, 5.41) is 3.69. The minimum atomic E-state index is 0.404. The van der Waals surface area contributed by atoms with E-state index in [1.54, 1.807) is 0 Å². The summed E-state index contributed by atoms with van der Waals surface area (Å²) in [5.74, 6) is 0.605. The van der Waals surface area contributed by atoms with Gasteiger partial charge in [-0.15, -0.1) is 0 Å². The molecular weight excluding hydrogens is 222 g/mol. The van der Waals surface area contributed by atoms with Crippen LogP contribution in [0.2, 0.25) is 0 Å². The van der Waals surface area contributed by atoms with Gasteiger partial charge in [-0.05, 0) is 49.8 Å². The lowest BCUT2D eigenvalue weighted by Crippen LogP contribution is -2.36. The molecule has 0 aliphatic carbocycles. The Balaban J connectivity index is 2.02. The van der Waals surface area contributed by atoms with Crippen LogP contribution in [0.3, 0.4) is 0 Å². The summed E-state index contributed by atoms with van der Waals surface area (Å²) >= 11 is 0. The Morgan fingerprint density at radius 2 is 2.06 bits per heavy atom. The second-order valence-electron chi connectivity index (χ2n) is 5.84. The predicted octanol–water partition coefficient (Wildman–Crippen LogP) is 3.92. The molecule has 100 valence electrons. The van der Waals surface area contributed by atoms with Gasteiger partial charge in [0.15, 0.2) is 0 Å². The monoisotopic (exact) mass is 247 g/mol. The van der Waals surface area contributed by atoms with Crippen molar-refractivity contribution in [2.24, 2.45) is 5.92 Å². The van der Waals surface area contributed by atoms with E-state index in [0.29, 0.717) is 18.1 Å². The molecule has 18 heavy (non-hydrogen) atoms. The Morgan fingerprint density at radius 1 is 1.28 bits per heavy atom. The van der Waals surface area contributed by atoms with Crippen LogP contribution >= 0.6 is 0 Å². The van der Waals surface area contributed by atoms with Gasteiger partial charge in [-0.1, -0.05) is 26.0 Å². The van der Waals surface area contributed by atoms with Crippen molar-refractivity contribution < 1.29 is 4.74 Å². The number of benzene rings is 1. The Kier molecular flexibility index (Phi) is 4.28. The summed E-state index contributed by atoms with van der Waals surface area (Å²) in [6, 6.07) is 7.15. The number of nitrogens with one attached hydrogen (secondary N) is 1. The molecule has 2 atom stereocenters. The molecule has 1 N–H and O–H groups in total. The lowest BCUT2D eigenvalue weighted by atomic mass is 9.95. The molecule has 1 aliphatic rings. The lowest BCUT2D eigenvalue weighted by molar-refractivity contribution is -0.0160. The predicted molar refractivity (Wildman–Crippen MR) is 77.1 cm³/mol. The maximum absolute atomic E-state index is 5.82. The van der Waals surface area contributed by atoms with Gasteiger partial charge in [0.25, 0.3) is 0 Å². The molecule has 2 unspecified atom stereocenters. The van der Waals surface area contributed by atoms with Gasteiger partial charge in [0, 0.05) is 18.3 Å². The quantitative estimate of drug-likeness (QED) is 0.874. The average molecular weight is 247 g/mol. The summed E-state index contributed by atoms with van der Waals surface area (Å²) in [7, 11) is 0. The summed E-state index contributed by atoms with van der Waals surface area (Å²) in [4.78, 5) is 0. The molecule has 2 rings (SSSR count). The van der Waals surface area contributed by atoms with Gasteiger partial charge in [0.1, 0.15) is 0 Å². The number of aryl methyl sites for hydroxylation is 2. The van der Waals surface area contributed by atoms with Crippen molar-refractivity contribution in [3.05, 3.63) is 29.3 Å². The van der Waals surface area contributed by atoms with Crippen molar-refractivity contribution in [1.82, 2.24) is 0 Å². The third-order valence-electron chi connectivity index (χ3n) is 3.81. The third-order valence-corrected chi connectivity index (χ3v) is 3.81. The van der Waals surface area contributed by atoms with Crippen LogP contribution in [0, 0.1) is 19.8 Å². The first-order chi connectivity index (χ1) is 8.56. The molecular formula is C16H25NO. The van der Waals surface area contributed by atoms with Gasteiger partial charge in [-0.25, -0.2) is 0 Å². The van der Waals surface area contributed by atoms with E-state index in [-0.39, 0.29) is 0 Å². The van der Waals surface area contributed by atoms with Crippen LogP contribution in [0.1, 0.15) is 37.8 Å². The van der Waals surface area contributed by atoms with Crippen molar-refractivity contribution in [2.45, 2.75) is 52.7 Å². The zero-order valence-corrected chi connectivity index (χ0v) is 12.0. The van der Waals surface area contributed by atoms with Gasteiger partial charge >= 0.3 is 0 Å². The molecule has 2 nitrogen and oxygen atoms in total. The molecule has 1 aliphatic heterocycles. The van der Waals surface area contributed by atoms with Crippen LogP contribution in [0.5, 0.6) is 0 Å². The highest BCUT2D eigenvalue weighted by atomic mass is 16.5. The van der Waals surface area contributed by atoms with Crippen molar-refractivity contribution in [1.29, 1.82) is 0 Å². The highest BCUT2D eigenvalue weighted by Gasteiger charge is 2.24. The maximum atomic E-state index is 5.82. The van der Waals surface area contributed by atoms with E-state index in [4.69, 9.17) is 4.74 Å². The van der Waals surface area contributed by atoms with Crippen molar-refractivity contribution >= 4 is 5.69 Å². The fourth-order valence-electron chi connectivity index (χ4n) is 2.53. The van der Waals surface area contributed by atoms with E-state index in [1.165, 1.54) is 16.8 Å². The van der Waals surface area contributed by atoms with Crippen molar-refractivity contribution in [3.8, 4) is 0 Å². The molecule has 1 saturated heterocycles. The zero-order valence-electron chi connectivity index (χ0n) is 12.0. The van der Waals surface area contributed by atoms with Crippen molar-refractivity contribution in [2.75, 3.05) is 11.9 Å². The Hall–Kier alpha value is -1.02. The van der Waals surface area contributed by atoms with Gasteiger partial charge in [-0.2, -0.15) is 0 Å². The maximum Gasteiger partial charge on any atom is 0.0617 e. The van der Waals surface area contributed by atoms with Crippen LogP contribution in [-0.4, -0.2) is 18.8 Å². The Bertz CT molecular complexity index is 400. The Labute approximate surface area is 111 Å². The number of hydrogen-bond acceptors (Lipinski definition) is 2. The first-order valence-electron chi connectivity index (χ1n) is 7.01. The molecule has 1 heterocycles. The molecule has 1 aromatic rings. The second-order valence-corrected chi connectivity index (χ2v) is 5.84. The molecule has 0 amide bonds. The van der Waals surface area contributed by atoms with E-state index in [1.807, 2.05) is 0 Å². The molecule has 0 spiro atoms. The molecule has 0 bridgehead atoms. The van der Waals surface area contributed by atoms with Crippen LogP contribution in [0.4, 0.5) is 5.69 Å². The first-order valence-corrected chi connectivity index (χ1v) is 7.01. The summed E-state index contributed by atoms with van der Waals surface area (Å²) in [6.45, 7) is 9.67. The number of ether oxygens (including phenoxy) is 1. The molecule has 2 heteroatoms. The van der Waals surface area contributed by atoms with Gasteiger partial charge in [0.2, 0.25) is 0 Å². The highest BCUT2D eigenvalue weighted by molar-refractivity contribution is 5.53. The average Bonchev–Trinajstić information content (AvgIpc) is 2.34. The van der Waals surface area contributed by atoms with E-state index >= 15 is 0 Å². The van der Waals surface area contributed by atoms with Crippen LogP contribution in [0.25, 0.3) is 0 Å². The minimum absolute atomic E-state index is 0.404. The fourth-order valence-corrected chi connectivity index (χ4v) is 2.53. The van der Waals surface area contributed by atoms with Crippen LogP contribution in [0.15, 0.2) is 18.2 Å². The zero-order chi connectivity index (χ0) is 13.1. The van der Waals surface area contributed by atoms with Crippen molar-refractivity contribution in [3.63, 3.8) is 0 Å². The van der Waals surface area contributed by atoms with E-state index in [2.05, 4.69) is 51.2 Å². The largest absolute Gasteiger partial charge is 0.382 e. The summed E-state index contributed by atoms with van der Waals surface area (Å²) in [5.41, 5.74) is 3.92. The lowest BCUT2D eigenvalue weighted by Gasteiger charge is -2.33. The van der Waals surface area contributed by atoms with Gasteiger partial charge < -0.3 is 10.1 Å². The molecule has 1 fully saturated rings. The minimum Gasteiger partial charge on any atom is -0.382 e. The SMILES string of the molecule is Cc1ccc(C)c(NC2CCOC(C(C)C)C2)c1. The molecule has 0 aromatic heterocycles. The standard InChI is InChI=1S/C16H25NO/c1-11(2)16-10-14(7-8-18-16)17-15-9-12(3)5-6-13(15)4/h5-6,9,11,14,16-17H,7-8,10H2,1-4H3.